The van der Waals surface area contributed by atoms with Crippen LogP contribution in [0.15, 0.2) is 54.9 Å². The molecule has 0 bridgehead atoms. The van der Waals surface area contributed by atoms with Gasteiger partial charge >= 0.3 is 0 Å². The SMILES string of the molecule is Cc1cc(F)cc(-c2cncc(/C=C/c3cccc(Cl)c3)c2N2CCC(N)CC2)c1. The van der Waals surface area contributed by atoms with Gasteiger partial charge in [-0.2, -0.15) is 0 Å². The van der Waals surface area contributed by atoms with Crippen LogP contribution in [0.2, 0.25) is 5.02 Å². The maximum absolute atomic E-state index is 14.2. The van der Waals surface area contributed by atoms with E-state index in [4.69, 9.17) is 17.3 Å². The number of pyridine rings is 1. The van der Waals surface area contributed by atoms with Crippen molar-refractivity contribution in [3.8, 4) is 11.1 Å². The minimum atomic E-state index is -0.239. The molecule has 3 nitrogen and oxygen atoms in total. The number of nitrogens with two attached hydrogens (primary N) is 1. The molecule has 0 amide bonds. The molecule has 1 aliphatic rings. The molecule has 2 heterocycles. The molecule has 1 saturated heterocycles. The van der Waals surface area contributed by atoms with E-state index >= 15 is 0 Å². The number of nitrogens with zero attached hydrogens (tertiary/aromatic N) is 2. The molecular formula is C25H25ClFN3. The van der Waals surface area contributed by atoms with Gasteiger partial charge in [0, 0.05) is 47.7 Å². The van der Waals surface area contributed by atoms with Gasteiger partial charge in [0.1, 0.15) is 5.82 Å². The second kappa shape index (κ2) is 8.99. The molecule has 1 aliphatic heterocycles. The maximum Gasteiger partial charge on any atom is 0.124 e. The zero-order valence-electron chi connectivity index (χ0n) is 17.0. The summed E-state index contributed by atoms with van der Waals surface area (Å²) < 4.78 is 14.2. The van der Waals surface area contributed by atoms with Gasteiger partial charge in [-0.05, 0) is 60.7 Å². The normalized spacial score (nSPS) is 15.1. The highest BCUT2D eigenvalue weighted by atomic mass is 35.5. The maximum atomic E-state index is 14.2. The fourth-order valence-electron chi connectivity index (χ4n) is 3.97. The second-order valence-electron chi connectivity index (χ2n) is 7.85. The first kappa shape index (κ1) is 20.6. The molecule has 154 valence electrons. The number of hydrogen-bond donors (Lipinski definition) is 1. The van der Waals surface area contributed by atoms with Crippen molar-refractivity contribution in [2.75, 3.05) is 18.0 Å². The van der Waals surface area contributed by atoms with Gasteiger partial charge in [0.15, 0.2) is 0 Å². The number of piperidine rings is 1. The molecule has 0 radical (unpaired) electrons. The zero-order chi connectivity index (χ0) is 21.1. The van der Waals surface area contributed by atoms with Crippen molar-refractivity contribution in [3.63, 3.8) is 0 Å². The number of benzene rings is 2. The van der Waals surface area contributed by atoms with Crippen LogP contribution >= 0.6 is 11.6 Å². The molecule has 1 fully saturated rings. The van der Waals surface area contributed by atoms with E-state index in [9.17, 15) is 4.39 Å². The van der Waals surface area contributed by atoms with E-state index in [-0.39, 0.29) is 11.9 Å². The number of hydrogen-bond acceptors (Lipinski definition) is 3. The lowest BCUT2D eigenvalue weighted by atomic mass is 9.97. The largest absolute Gasteiger partial charge is 0.370 e. The summed E-state index contributed by atoms with van der Waals surface area (Å²) >= 11 is 6.13. The number of aryl methyl sites for hydroxylation is 1. The summed E-state index contributed by atoms with van der Waals surface area (Å²) in [4.78, 5) is 6.81. The van der Waals surface area contributed by atoms with E-state index in [1.54, 1.807) is 12.1 Å². The number of rotatable bonds is 4. The minimum Gasteiger partial charge on any atom is -0.370 e. The molecule has 30 heavy (non-hydrogen) atoms. The monoisotopic (exact) mass is 421 g/mol. The summed E-state index contributed by atoms with van der Waals surface area (Å²) in [5.74, 6) is -0.239. The summed E-state index contributed by atoms with van der Waals surface area (Å²) in [7, 11) is 0. The summed E-state index contributed by atoms with van der Waals surface area (Å²) in [5.41, 5.74) is 11.9. The van der Waals surface area contributed by atoms with Gasteiger partial charge in [-0.25, -0.2) is 4.39 Å². The third-order valence-electron chi connectivity index (χ3n) is 5.46. The topological polar surface area (TPSA) is 42.2 Å². The molecule has 4 rings (SSSR count). The van der Waals surface area contributed by atoms with Crippen LogP contribution in [0.1, 0.15) is 29.5 Å². The number of aromatic nitrogens is 1. The summed E-state index contributed by atoms with van der Waals surface area (Å²) in [6, 6.07) is 13.1. The van der Waals surface area contributed by atoms with Crippen molar-refractivity contribution in [1.29, 1.82) is 0 Å². The fraction of sp³-hybridized carbons (Fsp3) is 0.240. The van der Waals surface area contributed by atoms with E-state index in [2.05, 4.69) is 16.0 Å². The van der Waals surface area contributed by atoms with Gasteiger partial charge in [0.05, 0.1) is 5.69 Å². The van der Waals surface area contributed by atoms with Crippen molar-refractivity contribution in [2.45, 2.75) is 25.8 Å². The Morgan fingerprint density at radius 1 is 1.10 bits per heavy atom. The molecule has 0 saturated carbocycles. The lowest BCUT2D eigenvalue weighted by molar-refractivity contribution is 0.501. The Bertz CT molecular complexity index is 1050. The summed E-state index contributed by atoms with van der Waals surface area (Å²) in [5, 5.41) is 0.699. The Morgan fingerprint density at radius 3 is 2.63 bits per heavy atom. The third kappa shape index (κ3) is 4.72. The van der Waals surface area contributed by atoms with Crippen molar-refractivity contribution >= 4 is 29.4 Å². The first-order valence-electron chi connectivity index (χ1n) is 10.2. The fourth-order valence-corrected chi connectivity index (χ4v) is 4.17. The van der Waals surface area contributed by atoms with Gasteiger partial charge < -0.3 is 10.6 Å². The van der Waals surface area contributed by atoms with E-state index in [1.807, 2.05) is 55.7 Å². The summed E-state index contributed by atoms with van der Waals surface area (Å²) in [6.45, 7) is 3.64. The Morgan fingerprint density at radius 2 is 1.90 bits per heavy atom. The first-order chi connectivity index (χ1) is 14.5. The van der Waals surface area contributed by atoms with Crippen LogP contribution in [0.3, 0.4) is 0 Å². The van der Waals surface area contributed by atoms with Crippen LogP contribution in [0.25, 0.3) is 23.3 Å². The Balaban J connectivity index is 1.81. The van der Waals surface area contributed by atoms with Gasteiger partial charge in [0.25, 0.3) is 0 Å². The number of halogens is 2. The highest BCUT2D eigenvalue weighted by Crippen LogP contribution is 2.36. The summed E-state index contributed by atoms with van der Waals surface area (Å²) in [6.07, 6.45) is 9.64. The quantitative estimate of drug-likeness (QED) is 0.566. The van der Waals surface area contributed by atoms with Crippen LogP contribution in [0.4, 0.5) is 10.1 Å². The minimum absolute atomic E-state index is 0.230. The third-order valence-corrected chi connectivity index (χ3v) is 5.69. The Kier molecular flexibility index (Phi) is 6.16. The molecule has 1 aromatic heterocycles. The standard InChI is InChI=1S/C25H25ClFN3/c1-17-11-20(14-22(27)12-17)24-16-29-15-19(6-5-18-3-2-4-21(26)13-18)25(24)30-9-7-23(28)8-10-30/h2-6,11-16,23H,7-10,28H2,1H3/b6-5+. The lowest BCUT2D eigenvalue weighted by Crippen LogP contribution is -2.40. The van der Waals surface area contributed by atoms with E-state index in [0.29, 0.717) is 5.02 Å². The van der Waals surface area contributed by atoms with Crippen LogP contribution in [-0.2, 0) is 0 Å². The van der Waals surface area contributed by atoms with Crippen LogP contribution in [0, 0.1) is 12.7 Å². The van der Waals surface area contributed by atoms with Crippen molar-refractivity contribution in [2.24, 2.45) is 5.73 Å². The smallest absolute Gasteiger partial charge is 0.124 e. The molecular weight excluding hydrogens is 397 g/mol. The predicted molar refractivity (Wildman–Crippen MR) is 124 cm³/mol. The van der Waals surface area contributed by atoms with Crippen molar-refractivity contribution in [1.82, 2.24) is 4.98 Å². The zero-order valence-corrected chi connectivity index (χ0v) is 17.7. The average molecular weight is 422 g/mol. The van der Waals surface area contributed by atoms with E-state index < -0.39 is 0 Å². The van der Waals surface area contributed by atoms with Crippen LogP contribution in [0.5, 0.6) is 0 Å². The Hall–Kier alpha value is -2.69. The van der Waals surface area contributed by atoms with Crippen LogP contribution < -0.4 is 10.6 Å². The predicted octanol–water partition coefficient (Wildman–Crippen LogP) is 5.95. The second-order valence-corrected chi connectivity index (χ2v) is 8.29. The molecule has 2 aromatic carbocycles. The molecule has 0 spiro atoms. The lowest BCUT2D eigenvalue weighted by Gasteiger charge is -2.34. The highest BCUT2D eigenvalue weighted by Gasteiger charge is 2.22. The van der Waals surface area contributed by atoms with Gasteiger partial charge in [-0.3, -0.25) is 4.98 Å². The molecule has 5 heteroatoms. The molecule has 0 unspecified atom stereocenters. The number of anilines is 1. The van der Waals surface area contributed by atoms with Crippen molar-refractivity contribution < 1.29 is 4.39 Å². The van der Waals surface area contributed by atoms with Gasteiger partial charge in [-0.15, -0.1) is 0 Å². The molecule has 3 aromatic rings. The average Bonchev–Trinajstić information content (AvgIpc) is 2.72. The van der Waals surface area contributed by atoms with Crippen LogP contribution in [-0.4, -0.2) is 24.1 Å². The Labute approximate surface area is 182 Å². The van der Waals surface area contributed by atoms with E-state index in [0.717, 1.165) is 59.4 Å². The van der Waals surface area contributed by atoms with Crippen molar-refractivity contribution in [3.05, 3.63) is 82.4 Å². The molecule has 0 atom stereocenters. The van der Waals surface area contributed by atoms with Gasteiger partial charge in [-0.1, -0.05) is 42.0 Å². The molecule has 2 N–H and O–H groups in total. The van der Waals surface area contributed by atoms with Gasteiger partial charge in [0.2, 0.25) is 0 Å². The molecule has 0 aliphatic carbocycles. The first-order valence-corrected chi connectivity index (χ1v) is 10.6. The van der Waals surface area contributed by atoms with E-state index in [1.165, 1.54) is 0 Å². The highest BCUT2D eigenvalue weighted by molar-refractivity contribution is 6.30.